The van der Waals surface area contributed by atoms with Crippen molar-refractivity contribution in [3.63, 3.8) is 0 Å². The first kappa shape index (κ1) is 38.0. The predicted molar refractivity (Wildman–Crippen MR) is 184 cm³/mol. The average molecular weight is 767 g/mol. The van der Waals surface area contributed by atoms with Crippen LogP contribution in [0.4, 0.5) is 18.0 Å². The summed E-state index contributed by atoms with van der Waals surface area (Å²) in [5.41, 5.74) is 1.06. The highest BCUT2D eigenvalue weighted by atomic mass is 79.9. The Morgan fingerprint density at radius 1 is 1.02 bits per heavy atom. The molecule has 3 aliphatic heterocycles. The van der Waals surface area contributed by atoms with Crippen molar-refractivity contribution in [1.82, 2.24) is 10.3 Å². The van der Waals surface area contributed by atoms with Crippen molar-refractivity contribution in [1.29, 1.82) is 0 Å². The quantitative estimate of drug-likeness (QED) is 0.134. The van der Waals surface area contributed by atoms with Crippen molar-refractivity contribution in [3.05, 3.63) is 126 Å². The maximum Gasteiger partial charge on any atom is 0.416 e. The zero-order valence-electron chi connectivity index (χ0n) is 28.9. The smallest absolute Gasteiger partial charge is 0.416 e. The molecule has 4 aromatic rings. The number of hydrogen-bond donors (Lipinski definition) is 1. The van der Waals surface area contributed by atoms with E-state index in [1.54, 1.807) is 57.3 Å². The van der Waals surface area contributed by atoms with Gasteiger partial charge in [0.05, 0.1) is 24.2 Å². The standard InChI is InChI=1S/C40H42F3N3O4.BrH/c1-5-27-25-46(24-26-12-11-15-30(22-26)40(41,42)43)21-19-29(27)23-34(46)36(32-18-20-44-33-17-10-9-16-31(32)33)49-37(47)35(28-13-7-6-8-14-28)45-38(48)50-39(2,3)4;/h5-18,20,22,27,29,34-36H,1,19,21,23-25H2,2-4H3;1H/t27-,29-,34+,35+,36-,46?;/m0./s1. The third-order valence-corrected chi connectivity index (χ3v) is 10.0. The van der Waals surface area contributed by atoms with Crippen LogP contribution in [0.3, 0.4) is 0 Å². The number of nitrogens with zero attached hydrogens (tertiary/aromatic N) is 2. The van der Waals surface area contributed by atoms with Gasteiger partial charge in [-0.3, -0.25) is 4.98 Å². The maximum atomic E-state index is 14.5. The molecule has 0 saturated carbocycles. The molecule has 1 unspecified atom stereocenters. The van der Waals surface area contributed by atoms with Gasteiger partial charge in [-0.15, -0.1) is 6.58 Å². The van der Waals surface area contributed by atoms with Crippen LogP contribution in [0.15, 0.2) is 104 Å². The van der Waals surface area contributed by atoms with Crippen LogP contribution in [-0.2, 0) is 27.0 Å². The lowest BCUT2D eigenvalue weighted by Crippen LogP contribution is -3.00. The third-order valence-electron chi connectivity index (χ3n) is 10.0. The SMILES string of the molecule is C=C[C@H]1C[N+]2(Cc3cccc(C(F)(F)F)c3)CC[C@H]1C[C@@H]2[C@@H](OC(=O)[C@H](NC(=O)OC(C)(C)C)c1ccccc1)c1ccnc2ccccc12.[Br-]. The molecule has 7 nitrogen and oxygen atoms in total. The number of hydrogen-bond acceptors (Lipinski definition) is 5. The largest absolute Gasteiger partial charge is 1.00 e. The van der Waals surface area contributed by atoms with Gasteiger partial charge < -0.3 is 36.3 Å². The van der Waals surface area contributed by atoms with E-state index in [1.165, 1.54) is 12.1 Å². The van der Waals surface area contributed by atoms with Crippen molar-refractivity contribution >= 4 is 23.0 Å². The van der Waals surface area contributed by atoms with Crippen LogP contribution in [0.25, 0.3) is 10.9 Å². The number of ether oxygens (including phenoxy) is 2. The number of para-hydroxylation sites is 1. The number of alkyl halides is 3. The number of carbonyl (C=O) groups excluding carboxylic acids is 2. The van der Waals surface area contributed by atoms with E-state index in [0.717, 1.165) is 29.0 Å². The molecule has 0 radical (unpaired) electrons. The summed E-state index contributed by atoms with van der Waals surface area (Å²) in [7, 11) is 0. The van der Waals surface area contributed by atoms with E-state index >= 15 is 0 Å². The molecule has 2 bridgehead atoms. The van der Waals surface area contributed by atoms with Crippen LogP contribution in [0.1, 0.15) is 68.0 Å². The highest BCUT2D eigenvalue weighted by Gasteiger charge is 2.55. The number of fused-ring (bicyclic) bond motifs is 4. The summed E-state index contributed by atoms with van der Waals surface area (Å²) in [6.07, 6.45) is -0.880. The summed E-state index contributed by atoms with van der Waals surface area (Å²) in [5.74, 6) is -0.256. The van der Waals surface area contributed by atoms with Crippen LogP contribution < -0.4 is 22.3 Å². The first-order valence-corrected chi connectivity index (χ1v) is 17.0. The number of nitrogens with one attached hydrogen (secondary N) is 1. The number of benzene rings is 3. The van der Waals surface area contributed by atoms with Gasteiger partial charge in [0.2, 0.25) is 0 Å². The molecule has 7 rings (SSSR count). The Morgan fingerprint density at radius 3 is 2.45 bits per heavy atom. The minimum absolute atomic E-state index is 0. The highest BCUT2D eigenvalue weighted by molar-refractivity contribution is 5.85. The minimum Gasteiger partial charge on any atom is -1.00 e. The van der Waals surface area contributed by atoms with E-state index in [9.17, 15) is 22.8 Å². The van der Waals surface area contributed by atoms with Crippen LogP contribution >= 0.6 is 0 Å². The molecule has 270 valence electrons. The number of quaternary nitrogens is 1. The Kier molecular flexibility index (Phi) is 11.3. The van der Waals surface area contributed by atoms with Crippen LogP contribution in [0.5, 0.6) is 0 Å². The normalized spacial score (nSPS) is 22.7. The molecule has 3 aromatic carbocycles. The lowest BCUT2D eigenvalue weighted by atomic mass is 9.71. The number of amides is 1. The van der Waals surface area contributed by atoms with Crippen molar-refractivity contribution < 1.29 is 53.7 Å². The molecule has 3 saturated heterocycles. The van der Waals surface area contributed by atoms with E-state index in [0.29, 0.717) is 41.7 Å². The minimum atomic E-state index is -4.48. The molecule has 1 amide bonds. The van der Waals surface area contributed by atoms with Gasteiger partial charge in [-0.1, -0.05) is 66.7 Å². The summed E-state index contributed by atoms with van der Waals surface area (Å²) in [5, 5.41) is 3.54. The van der Waals surface area contributed by atoms with Gasteiger partial charge in [-0.25, -0.2) is 9.59 Å². The second-order valence-corrected chi connectivity index (χ2v) is 14.5. The lowest BCUT2D eigenvalue weighted by molar-refractivity contribution is -0.984. The van der Waals surface area contributed by atoms with Crippen LogP contribution in [0, 0.1) is 11.8 Å². The maximum absolute atomic E-state index is 14.5. The number of aromatic nitrogens is 1. The molecule has 4 heterocycles. The molecule has 51 heavy (non-hydrogen) atoms. The summed E-state index contributed by atoms with van der Waals surface area (Å²) in [6.45, 7) is 11.0. The molecular weight excluding hydrogens is 723 g/mol. The van der Waals surface area contributed by atoms with Crippen molar-refractivity contribution in [2.24, 2.45) is 11.8 Å². The molecule has 11 heteroatoms. The van der Waals surface area contributed by atoms with Gasteiger partial charge in [-0.2, -0.15) is 13.2 Å². The Labute approximate surface area is 307 Å². The summed E-state index contributed by atoms with van der Waals surface area (Å²) < 4.78 is 54.1. The van der Waals surface area contributed by atoms with Crippen molar-refractivity contribution in [2.45, 2.75) is 70.1 Å². The molecule has 1 N–H and O–H groups in total. The number of carbonyl (C=O) groups is 2. The van der Waals surface area contributed by atoms with Crippen LogP contribution in [-0.4, -0.2) is 46.3 Å². The molecule has 1 aromatic heterocycles. The summed E-state index contributed by atoms with van der Waals surface area (Å²) in [4.78, 5) is 32.1. The first-order valence-electron chi connectivity index (χ1n) is 17.0. The fraction of sp³-hybridized carbons (Fsp3) is 0.375. The second kappa shape index (κ2) is 15.2. The fourth-order valence-corrected chi connectivity index (χ4v) is 7.83. The molecule has 6 atom stereocenters. The average Bonchev–Trinajstić information content (AvgIpc) is 3.08. The van der Waals surface area contributed by atoms with E-state index in [4.69, 9.17) is 9.47 Å². The lowest BCUT2D eigenvalue weighted by Gasteiger charge is -2.58. The number of rotatable bonds is 9. The summed E-state index contributed by atoms with van der Waals surface area (Å²) in [6, 6.07) is 22.3. The zero-order valence-corrected chi connectivity index (χ0v) is 30.5. The Hall–Kier alpha value is -4.22. The number of alkyl carbamates (subject to hydrolysis) is 1. The fourth-order valence-electron chi connectivity index (χ4n) is 7.83. The monoisotopic (exact) mass is 765 g/mol. The summed E-state index contributed by atoms with van der Waals surface area (Å²) >= 11 is 0. The predicted octanol–water partition coefficient (Wildman–Crippen LogP) is 5.72. The van der Waals surface area contributed by atoms with Gasteiger partial charge in [0.1, 0.15) is 18.2 Å². The molecule has 3 aliphatic rings. The van der Waals surface area contributed by atoms with Gasteiger partial charge in [-0.05, 0) is 56.5 Å². The van der Waals surface area contributed by atoms with Gasteiger partial charge in [0.15, 0.2) is 12.1 Å². The topological polar surface area (TPSA) is 77.5 Å². The zero-order chi connectivity index (χ0) is 35.7. The second-order valence-electron chi connectivity index (χ2n) is 14.5. The number of esters is 1. The van der Waals surface area contributed by atoms with Crippen molar-refractivity contribution in [3.8, 4) is 0 Å². The van der Waals surface area contributed by atoms with Gasteiger partial charge >= 0.3 is 18.2 Å². The van der Waals surface area contributed by atoms with Crippen LogP contribution in [0.2, 0.25) is 0 Å². The molecule has 3 fully saturated rings. The number of piperidine rings is 3. The number of halogens is 4. The van der Waals surface area contributed by atoms with Crippen molar-refractivity contribution in [2.75, 3.05) is 13.1 Å². The Morgan fingerprint density at radius 2 is 1.75 bits per heavy atom. The molecular formula is C40H43BrF3N3O4. The van der Waals surface area contributed by atoms with Gasteiger partial charge in [0.25, 0.3) is 0 Å². The molecule has 0 spiro atoms. The van der Waals surface area contributed by atoms with E-state index in [1.807, 2.05) is 42.5 Å². The Bertz CT molecular complexity index is 1860. The number of pyridine rings is 1. The third kappa shape index (κ3) is 8.47. The highest BCUT2D eigenvalue weighted by Crippen LogP contribution is 2.49. The van der Waals surface area contributed by atoms with E-state index < -0.39 is 41.5 Å². The van der Waals surface area contributed by atoms with E-state index in [2.05, 4.69) is 16.9 Å². The molecule has 0 aliphatic carbocycles. The Balaban J connectivity index is 0.00000504. The van der Waals surface area contributed by atoms with E-state index in [-0.39, 0.29) is 34.9 Å². The van der Waals surface area contributed by atoms with Gasteiger partial charge in [0, 0.05) is 41.5 Å². The first-order chi connectivity index (χ1) is 23.8.